The average molecular weight is 370 g/mol. The second kappa shape index (κ2) is 6.94. The van der Waals surface area contributed by atoms with Crippen LogP contribution in [-0.2, 0) is 17.6 Å². The Hall–Kier alpha value is -2.24. The number of nitrogens with zero attached hydrogens (tertiary/aromatic N) is 2. The third kappa shape index (κ3) is 3.57. The van der Waals surface area contributed by atoms with Crippen molar-refractivity contribution < 1.29 is 4.79 Å². The number of aryl methyl sites for hydroxylation is 1. The van der Waals surface area contributed by atoms with Gasteiger partial charge in [0.1, 0.15) is 5.01 Å². The fraction of sp³-hybridized carbons (Fsp3) is 0.211. The first-order valence-corrected chi connectivity index (χ1v) is 9.34. The van der Waals surface area contributed by atoms with Gasteiger partial charge in [0.25, 0.3) is 0 Å². The molecule has 1 N–H and O–H groups in total. The molecule has 1 amide bonds. The number of amides is 1. The lowest BCUT2D eigenvalue weighted by Crippen LogP contribution is -2.27. The molecule has 0 bridgehead atoms. The molecule has 0 spiro atoms. The predicted molar refractivity (Wildman–Crippen MR) is 101 cm³/mol. The minimum Gasteiger partial charge on any atom is -0.326 e. The molecule has 1 unspecified atom stereocenters. The SMILES string of the molecule is O=C(Nc1cccc(Cl)c1)C1CCc2nc(-c3ccncc3)sc2C1. The number of rotatable bonds is 3. The number of hydrogen-bond donors (Lipinski definition) is 1. The van der Waals surface area contributed by atoms with Crippen LogP contribution in [0.1, 0.15) is 17.0 Å². The average Bonchev–Trinajstić information content (AvgIpc) is 3.06. The number of pyridine rings is 1. The van der Waals surface area contributed by atoms with Crippen molar-refractivity contribution in [1.82, 2.24) is 9.97 Å². The molecule has 1 aliphatic rings. The molecule has 0 saturated heterocycles. The largest absolute Gasteiger partial charge is 0.326 e. The van der Waals surface area contributed by atoms with Crippen molar-refractivity contribution in [1.29, 1.82) is 0 Å². The summed E-state index contributed by atoms with van der Waals surface area (Å²) in [6.45, 7) is 0. The van der Waals surface area contributed by atoms with Crippen molar-refractivity contribution in [3.63, 3.8) is 0 Å². The van der Waals surface area contributed by atoms with Gasteiger partial charge in [0.2, 0.25) is 5.91 Å². The first kappa shape index (κ1) is 16.2. The standard InChI is InChI=1S/C19H16ClN3OS/c20-14-2-1-3-15(11-14)22-18(24)13-4-5-16-17(10-13)25-19(23-16)12-6-8-21-9-7-12/h1-3,6-9,11,13H,4-5,10H2,(H,22,24). The summed E-state index contributed by atoms with van der Waals surface area (Å²) in [5.74, 6) is 0.0176. The van der Waals surface area contributed by atoms with Crippen LogP contribution in [-0.4, -0.2) is 15.9 Å². The van der Waals surface area contributed by atoms with E-state index in [9.17, 15) is 4.79 Å². The van der Waals surface area contributed by atoms with Gasteiger partial charge in [-0.2, -0.15) is 0 Å². The summed E-state index contributed by atoms with van der Waals surface area (Å²) in [7, 11) is 0. The summed E-state index contributed by atoms with van der Waals surface area (Å²) in [4.78, 5) is 22.6. The fourth-order valence-electron chi connectivity index (χ4n) is 3.03. The Kier molecular flexibility index (Phi) is 4.51. The number of carbonyl (C=O) groups is 1. The quantitative estimate of drug-likeness (QED) is 0.733. The van der Waals surface area contributed by atoms with Gasteiger partial charge in [-0.3, -0.25) is 9.78 Å². The van der Waals surface area contributed by atoms with Crippen LogP contribution in [0.25, 0.3) is 10.6 Å². The van der Waals surface area contributed by atoms with E-state index < -0.39 is 0 Å². The number of benzene rings is 1. The third-order valence-corrected chi connectivity index (χ3v) is 5.73. The fourth-order valence-corrected chi connectivity index (χ4v) is 4.41. The molecule has 1 atom stereocenters. The van der Waals surface area contributed by atoms with Gasteiger partial charge in [0, 0.05) is 39.5 Å². The summed E-state index contributed by atoms with van der Waals surface area (Å²) in [5, 5.41) is 4.60. The van der Waals surface area contributed by atoms with Crippen molar-refractivity contribution in [2.24, 2.45) is 5.92 Å². The Morgan fingerprint density at radius 1 is 1.24 bits per heavy atom. The zero-order chi connectivity index (χ0) is 17.2. The number of carbonyl (C=O) groups excluding carboxylic acids is 1. The molecule has 0 saturated carbocycles. The van der Waals surface area contributed by atoms with E-state index in [4.69, 9.17) is 16.6 Å². The molecule has 6 heteroatoms. The molecular weight excluding hydrogens is 354 g/mol. The highest BCUT2D eigenvalue weighted by molar-refractivity contribution is 7.15. The smallest absolute Gasteiger partial charge is 0.227 e. The van der Waals surface area contributed by atoms with Crippen molar-refractivity contribution in [3.05, 3.63) is 64.4 Å². The first-order valence-electron chi connectivity index (χ1n) is 8.14. The lowest BCUT2D eigenvalue weighted by molar-refractivity contribution is -0.120. The second-order valence-corrected chi connectivity index (χ2v) is 7.58. The summed E-state index contributed by atoms with van der Waals surface area (Å²) in [6.07, 6.45) is 5.95. The summed E-state index contributed by atoms with van der Waals surface area (Å²) >= 11 is 7.66. The maximum Gasteiger partial charge on any atom is 0.227 e. The molecule has 0 fully saturated rings. The highest BCUT2D eigenvalue weighted by Gasteiger charge is 2.27. The lowest BCUT2D eigenvalue weighted by atomic mass is 9.90. The molecule has 1 aliphatic carbocycles. The molecule has 0 radical (unpaired) electrons. The second-order valence-electron chi connectivity index (χ2n) is 6.06. The van der Waals surface area contributed by atoms with Crippen LogP contribution < -0.4 is 5.32 Å². The molecule has 2 aromatic heterocycles. The number of halogens is 1. The van der Waals surface area contributed by atoms with Crippen LogP contribution in [0.3, 0.4) is 0 Å². The molecule has 126 valence electrons. The monoisotopic (exact) mass is 369 g/mol. The molecule has 3 aromatic rings. The normalized spacial score (nSPS) is 16.3. The van der Waals surface area contributed by atoms with Crippen molar-refractivity contribution >= 4 is 34.5 Å². The van der Waals surface area contributed by atoms with Gasteiger partial charge in [-0.05, 0) is 49.6 Å². The maximum atomic E-state index is 12.6. The van der Waals surface area contributed by atoms with Gasteiger partial charge in [-0.15, -0.1) is 11.3 Å². The van der Waals surface area contributed by atoms with E-state index in [1.165, 1.54) is 4.88 Å². The van der Waals surface area contributed by atoms with Gasteiger partial charge in [-0.1, -0.05) is 17.7 Å². The van der Waals surface area contributed by atoms with Gasteiger partial charge in [-0.25, -0.2) is 4.98 Å². The van der Waals surface area contributed by atoms with Gasteiger partial charge < -0.3 is 5.32 Å². The lowest BCUT2D eigenvalue weighted by Gasteiger charge is -2.20. The molecule has 0 aliphatic heterocycles. The number of nitrogens with one attached hydrogen (secondary N) is 1. The number of anilines is 1. The van der Waals surface area contributed by atoms with Gasteiger partial charge >= 0.3 is 0 Å². The van der Waals surface area contributed by atoms with Gasteiger partial charge in [0.05, 0.1) is 5.69 Å². The Labute approximate surface area is 154 Å². The minimum atomic E-state index is -0.0304. The highest BCUT2D eigenvalue weighted by atomic mass is 35.5. The van der Waals surface area contributed by atoms with Crippen LogP contribution >= 0.6 is 22.9 Å². The third-order valence-electron chi connectivity index (χ3n) is 4.33. The molecular formula is C19H16ClN3OS. The molecule has 25 heavy (non-hydrogen) atoms. The Morgan fingerprint density at radius 2 is 2.08 bits per heavy atom. The maximum absolute atomic E-state index is 12.6. The van der Waals surface area contributed by atoms with Crippen LogP contribution in [0.15, 0.2) is 48.8 Å². The topological polar surface area (TPSA) is 54.9 Å². The number of hydrogen-bond acceptors (Lipinski definition) is 4. The minimum absolute atomic E-state index is 0.0304. The van der Waals surface area contributed by atoms with Crippen LogP contribution in [0.4, 0.5) is 5.69 Å². The van der Waals surface area contributed by atoms with E-state index in [-0.39, 0.29) is 11.8 Å². The van der Waals surface area contributed by atoms with Crippen LogP contribution in [0, 0.1) is 5.92 Å². The van der Waals surface area contributed by atoms with Crippen molar-refractivity contribution in [2.45, 2.75) is 19.3 Å². The summed E-state index contributed by atoms with van der Waals surface area (Å²) in [6, 6.07) is 11.2. The highest BCUT2D eigenvalue weighted by Crippen LogP contribution is 2.34. The molecule has 4 nitrogen and oxygen atoms in total. The first-order chi connectivity index (χ1) is 12.2. The Balaban J connectivity index is 1.49. The predicted octanol–water partition coefficient (Wildman–Crippen LogP) is 4.60. The summed E-state index contributed by atoms with van der Waals surface area (Å²) < 4.78 is 0. The van der Waals surface area contributed by atoms with Crippen molar-refractivity contribution in [3.8, 4) is 10.6 Å². The number of fused-ring (bicyclic) bond motifs is 1. The number of aromatic nitrogens is 2. The molecule has 1 aromatic carbocycles. The number of thiazole rings is 1. The summed E-state index contributed by atoms with van der Waals surface area (Å²) in [5.41, 5.74) is 2.95. The molecule has 4 rings (SSSR count). The zero-order valence-electron chi connectivity index (χ0n) is 13.4. The van der Waals surface area contributed by atoms with E-state index in [0.29, 0.717) is 5.02 Å². The van der Waals surface area contributed by atoms with Crippen LogP contribution in [0.5, 0.6) is 0 Å². The zero-order valence-corrected chi connectivity index (χ0v) is 15.0. The Bertz CT molecular complexity index is 910. The van der Waals surface area contributed by atoms with E-state index in [1.807, 2.05) is 24.3 Å². The van der Waals surface area contributed by atoms with Crippen LogP contribution in [0.2, 0.25) is 5.02 Å². The van der Waals surface area contributed by atoms with Gasteiger partial charge in [0.15, 0.2) is 0 Å². The van der Waals surface area contributed by atoms with E-state index in [1.54, 1.807) is 35.9 Å². The van der Waals surface area contributed by atoms with E-state index in [0.717, 1.165) is 41.2 Å². The molecule has 2 heterocycles. The Morgan fingerprint density at radius 3 is 2.88 bits per heavy atom. The van der Waals surface area contributed by atoms with E-state index in [2.05, 4.69) is 10.3 Å². The van der Waals surface area contributed by atoms with E-state index >= 15 is 0 Å². The van der Waals surface area contributed by atoms with Crippen molar-refractivity contribution in [2.75, 3.05) is 5.32 Å².